The molecular weight excluding hydrogens is 475 g/mol. The van der Waals surface area contributed by atoms with Gasteiger partial charge in [-0.05, 0) is 54.6 Å². The number of anilines is 2. The number of carbonyl (C=O) groups is 1. The monoisotopic (exact) mass is 492 g/mol. The minimum absolute atomic E-state index is 0.0285. The van der Waals surface area contributed by atoms with E-state index in [1.54, 1.807) is 6.07 Å². The van der Waals surface area contributed by atoms with Gasteiger partial charge in [0.15, 0.2) is 18.1 Å². The van der Waals surface area contributed by atoms with Crippen molar-refractivity contribution in [3.63, 3.8) is 0 Å². The molecule has 0 saturated carbocycles. The van der Waals surface area contributed by atoms with Crippen LogP contribution in [0.5, 0.6) is 17.2 Å². The zero-order valence-corrected chi connectivity index (χ0v) is 18.6. The van der Waals surface area contributed by atoms with E-state index >= 15 is 0 Å². The predicted molar refractivity (Wildman–Crippen MR) is 120 cm³/mol. The number of sulfonamides is 1. The van der Waals surface area contributed by atoms with Crippen molar-refractivity contribution in [2.45, 2.75) is 4.90 Å². The molecule has 0 bridgehead atoms. The number of amides is 1. The number of hydrogen-bond acceptors (Lipinski definition) is 6. The molecule has 8 nitrogen and oxygen atoms in total. The molecule has 0 saturated heterocycles. The van der Waals surface area contributed by atoms with E-state index in [4.69, 9.17) is 25.8 Å². The first-order valence-electron chi connectivity index (χ1n) is 9.70. The maximum Gasteiger partial charge on any atom is 0.262 e. The topological polar surface area (TPSA) is 103 Å². The van der Waals surface area contributed by atoms with Crippen molar-refractivity contribution in [3.8, 4) is 17.2 Å². The number of halogens is 2. The maximum atomic E-state index is 13.1. The van der Waals surface area contributed by atoms with Crippen LogP contribution in [0.25, 0.3) is 0 Å². The normalized spacial score (nSPS) is 12.7. The third-order valence-corrected chi connectivity index (χ3v) is 6.17. The molecule has 0 aliphatic carbocycles. The highest BCUT2D eigenvalue weighted by Gasteiger charge is 2.19. The van der Waals surface area contributed by atoms with E-state index in [0.29, 0.717) is 36.1 Å². The highest BCUT2D eigenvalue weighted by molar-refractivity contribution is 7.92. The van der Waals surface area contributed by atoms with Crippen LogP contribution in [0.2, 0.25) is 5.02 Å². The average Bonchev–Trinajstić information content (AvgIpc) is 2.79. The first-order chi connectivity index (χ1) is 15.8. The van der Waals surface area contributed by atoms with E-state index in [1.807, 2.05) is 0 Å². The molecule has 0 fully saturated rings. The van der Waals surface area contributed by atoms with Crippen LogP contribution in [0.4, 0.5) is 15.8 Å². The summed E-state index contributed by atoms with van der Waals surface area (Å²) >= 11 is 5.86. The second-order valence-corrected chi connectivity index (χ2v) is 8.99. The molecule has 172 valence electrons. The van der Waals surface area contributed by atoms with Crippen molar-refractivity contribution in [1.82, 2.24) is 0 Å². The first kappa shape index (κ1) is 22.7. The quantitative estimate of drug-likeness (QED) is 0.515. The van der Waals surface area contributed by atoms with E-state index < -0.39 is 21.7 Å². The van der Waals surface area contributed by atoms with Crippen LogP contribution in [-0.4, -0.2) is 34.1 Å². The Hall–Kier alpha value is -3.50. The van der Waals surface area contributed by atoms with Gasteiger partial charge in [-0.2, -0.15) is 0 Å². The molecule has 1 aliphatic rings. The Morgan fingerprint density at radius 3 is 2.39 bits per heavy atom. The Morgan fingerprint density at radius 2 is 1.67 bits per heavy atom. The summed E-state index contributed by atoms with van der Waals surface area (Å²) in [4.78, 5) is 12.1. The summed E-state index contributed by atoms with van der Waals surface area (Å²) in [5.41, 5.74) is 0.730. The van der Waals surface area contributed by atoms with Gasteiger partial charge in [0.25, 0.3) is 15.9 Å². The highest BCUT2D eigenvalue weighted by Crippen LogP contribution is 2.33. The van der Waals surface area contributed by atoms with Crippen LogP contribution >= 0.6 is 11.6 Å². The van der Waals surface area contributed by atoms with Gasteiger partial charge in [-0.1, -0.05) is 11.6 Å². The van der Waals surface area contributed by atoms with Gasteiger partial charge in [-0.25, -0.2) is 12.8 Å². The van der Waals surface area contributed by atoms with Gasteiger partial charge in [0, 0.05) is 17.4 Å². The minimum Gasteiger partial charge on any atom is -0.486 e. The molecule has 3 aromatic carbocycles. The lowest BCUT2D eigenvalue weighted by atomic mass is 10.3. The molecule has 1 amide bonds. The fourth-order valence-corrected chi connectivity index (χ4v) is 4.25. The van der Waals surface area contributed by atoms with Gasteiger partial charge in [-0.3, -0.25) is 9.52 Å². The van der Waals surface area contributed by atoms with Crippen molar-refractivity contribution >= 4 is 38.9 Å². The molecule has 3 aromatic rings. The smallest absolute Gasteiger partial charge is 0.262 e. The molecule has 0 spiro atoms. The Balaban J connectivity index is 1.35. The lowest BCUT2D eigenvalue weighted by Gasteiger charge is -2.19. The Bertz CT molecular complexity index is 1280. The second-order valence-electron chi connectivity index (χ2n) is 6.90. The summed E-state index contributed by atoms with van der Waals surface area (Å²) in [5.74, 6) is 0.0518. The molecule has 0 aromatic heterocycles. The number of fused-ring (bicyclic) bond motifs is 1. The van der Waals surface area contributed by atoms with E-state index in [2.05, 4.69) is 10.0 Å². The van der Waals surface area contributed by atoms with Crippen molar-refractivity contribution in [3.05, 3.63) is 71.5 Å². The highest BCUT2D eigenvalue weighted by atomic mass is 35.5. The van der Waals surface area contributed by atoms with Gasteiger partial charge in [0.05, 0.1) is 9.92 Å². The van der Waals surface area contributed by atoms with Crippen LogP contribution in [0.3, 0.4) is 0 Å². The Morgan fingerprint density at radius 1 is 0.970 bits per heavy atom. The number of nitrogens with one attached hydrogen (secondary N) is 2. The molecule has 1 aliphatic heterocycles. The Kier molecular flexibility index (Phi) is 6.57. The lowest BCUT2D eigenvalue weighted by Crippen LogP contribution is -2.20. The van der Waals surface area contributed by atoms with Crippen molar-refractivity contribution in [2.75, 3.05) is 29.9 Å². The first-order valence-corrected chi connectivity index (χ1v) is 11.6. The van der Waals surface area contributed by atoms with Crippen molar-refractivity contribution < 1.29 is 31.8 Å². The van der Waals surface area contributed by atoms with E-state index in [0.717, 1.165) is 6.07 Å². The number of benzene rings is 3. The third kappa shape index (κ3) is 5.65. The fraction of sp³-hybridized carbons (Fsp3) is 0.136. The van der Waals surface area contributed by atoms with Crippen LogP contribution in [-0.2, 0) is 14.8 Å². The van der Waals surface area contributed by atoms with E-state index in [9.17, 15) is 17.6 Å². The molecule has 11 heteroatoms. The molecular formula is C22H18ClFN2O6S. The Labute approximate surface area is 194 Å². The molecule has 4 rings (SSSR count). The molecule has 2 N–H and O–H groups in total. The molecule has 0 unspecified atom stereocenters. The zero-order chi connectivity index (χ0) is 23.4. The summed E-state index contributed by atoms with van der Waals surface area (Å²) in [5, 5.41) is 2.66. The second kappa shape index (κ2) is 9.55. The van der Waals surface area contributed by atoms with Gasteiger partial charge in [-0.15, -0.1) is 0 Å². The summed E-state index contributed by atoms with van der Waals surface area (Å²) in [6, 6.07) is 14.0. The number of ether oxygens (including phenoxy) is 3. The average molecular weight is 493 g/mol. The minimum atomic E-state index is -3.86. The largest absolute Gasteiger partial charge is 0.486 e. The number of carbonyl (C=O) groups excluding carboxylic acids is 1. The van der Waals surface area contributed by atoms with Crippen LogP contribution < -0.4 is 24.2 Å². The number of rotatable bonds is 7. The lowest BCUT2D eigenvalue weighted by molar-refractivity contribution is -0.118. The SMILES string of the molecule is O=C(COc1ccc(F)cc1Cl)Nc1ccc(NS(=O)(=O)c2ccc3c(c2)OCCO3)cc1. The zero-order valence-electron chi connectivity index (χ0n) is 17.0. The predicted octanol–water partition coefficient (Wildman–Crippen LogP) is 4.07. The molecule has 0 atom stereocenters. The van der Waals surface area contributed by atoms with Crippen molar-refractivity contribution in [2.24, 2.45) is 0 Å². The van der Waals surface area contributed by atoms with Gasteiger partial charge < -0.3 is 19.5 Å². The van der Waals surface area contributed by atoms with Gasteiger partial charge >= 0.3 is 0 Å². The van der Waals surface area contributed by atoms with Gasteiger partial charge in [0.2, 0.25) is 0 Å². The standard InChI is InChI=1S/C22H18ClFN2O6S/c23-18-11-14(24)1-7-19(18)32-13-22(27)25-15-2-4-16(5-3-15)26-33(28,29)17-6-8-20-21(12-17)31-10-9-30-20/h1-8,11-12,26H,9-10,13H2,(H,25,27). The van der Waals surface area contributed by atoms with Crippen molar-refractivity contribution in [1.29, 1.82) is 0 Å². The summed E-state index contributed by atoms with van der Waals surface area (Å²) in [6.45, 7) is 0.412. The maximum absolute atomic E-state index is 13.1. The number of hydrogen-bond donors (Lipinski definition) is 2. The van der Waals surface area contributed by atoms with E-state index in [-0.39, 0.29) is 22.3 Å². The van der Waals surface area contributed by atoms with Crippen LogP contribution in [0.15, 0.2) is 65.6 Å². The van der Waals surface area contributed by atoms with E-state index in [1.165, 1.54) is 48.5 Å². The summed E-state index contributed by atoms with van der Waals surface area (Å²) in [7, 11) is -3.86. The van der Waals surface area contributed by atoms with Gasteiger partial charge in [0.1, 0.15) is 24.8 Å². The summed E-state index contributed by atoms with van der Waals surface area (Å²) < 4.78 is 57.0. The fourth-order valence-electron chi connectivity index (χ4n) is 2.96. The molecule has 1 heterocycles. The van der Waals surface area contributed by atoms with Crippen LogP contribution in [0.1, 0.15) is 0 Å². The summed E-state index contributed by atoms with van der Waals surface area (Å²) in [6.07, 6.45) is 0. The molecule has 33 heavy (non-hydrogen) atoms. The molecule has 0 radical (unpaired) electrons. The third-order valence-electron chi connectivity index (χ3n) is 4.50. The van der Waals surface area contributed by atoms with Crippen LogP contribution in [0, 0.1) is 5.82 Å².